The fourth-order valence-electron chi connectivity index (χ4n) is 4.49. The van der Waals surface area contributed by atoms with Gasteiger partial charge in [-0.25, -0.2) is 22.6 Å². The SMILES string of the molecule is CS(=O)(=O)c1ccc(NC(=O)Nc2ccc3c(c2)C(=O)N(CCc2c[nH]cn2)C(c2ccc(F)cn2)C3)cc1. The summed E-state index contributed by atoms with van der Waals surface area (Å²) in [5.74, 6) is -0.687. The van der Waals surface area contributed by atoms with Crippen LogP contribution in [0.4, 0.5) is 20.6 Å². The van der Waals surface area contributed by atoms with Gasteiger partial charge in [0.2, 0.25) is 0 Å². The van der Waals surface area contributed by atoms with Gasteiger partial charge < -0.3 is 20.5 Å². The first kappa shape index (κ1) is 26.0. The van der Waals surface area contributed by atoms with E-state index in [0.29, 0.717) is 42.0 Å². The summed E-state index contributed by atoms with van der Waals surface area (Å²) in [5, 5.41) is 5.37. The van der Waals surface area contributed by atoms with Gasteiger partial charge in [0, 0.05) is 42.4 Å². The first-order valence-electron chi connectivity index (χ1n) is 12.1. The second-order valence-electron chi connectivity index (χ2n) is 9.18. The number of fused-ring (bicyclic) bond motifs is 1. The molecule has 3 amide bonds. The van der Waals surface area contributed by atoms with E-state index >= 15 is 0 Å². The molecule has 3 N–H and O–H groups in total. The lowest BCUT2D eigenvalue weighted by atomic mass is 9.90. The van der Waals surface area contributed by atoms with Crippen LogP contribution in [-0.2, 0) is 22.7 Å². The number of rotatable bonds is 7. The molecule has 1 atom stereocenters. The number of hydrogen-bond donors (Lipinski definition) is 3. The van der Waals surface area contributed by atoms with Gasteiger partial charge >= 0.3 is 6.03 Å². The third-order valence-corrected chi connectivity index (χ3v) is 7.57. The van der Waals surface area contributed by atoms with Crippen molar-refractivity contribution in [2.45, 2.75) is 23.8 Å². The number of halogens is 1. The second kappa shape index (κ2) is 10.7. The number of carbonyl (C=O) groups excluding carboxylic acids is 2. The molecule has 0 bridgehead atoms. The van der Waals surface area contributed by atoms with E-state index in [1.165, 1.54) is 30.3 Å². The quantitative estimate of drug-likeness (QED) is 0.320. The molecule has 0 aliphatic carbocycles. The van der Waals surface area contributed by atoms with Crippen molar-refractivity contribution in [1.29, 1.82) is 0 Å². The normalized spacial score (nSPS) is 15.1. The van der Waals surface area contributed by atoms with Crippen molar-refractivity contribution in [3.05, 3.63) is 102 Å². The van der Waals surface area contributed by atoms with Gasteiger partial charge in [-0.3, -0.25) is 9.78 Å². The number of imidazole rings is 1. The zero-order valence-electron chi connectivity index (χ0n) is 20.9. The smallest absolute Gasteiger partial charge is 0.323 e. The van der Waals surface area contributed by atoms with Crippen molar-refractivity contribution >= 4 is 33.2 Å². The van der Waals surface area contributed by atoms with Crippen LogP contribution in [0.3, 0.4) is 0 Å². The van der Waals surface area contributed by atoms with Gasteiger partial charge in [-0.2, -0.15) is 0 Å². The molecule has 10 nitrogen and oxygen atoms in total. The molecule has 4 aromatic rings. The zero-order chi connectivity index (χ0) is 27.6. The van der Waals surface area contributed by atoms with Crippen LogP contribution in [-0.4, -0.2) is 53.0 Å². The highest BCUT2D eigenvalue weighted by Crippen LogP contribution is 2.34. The van der Waals surface area contributed by atoms with Gasteiger partial charge in [0.05, 0.1) is 34.8 Å². The number of H-pyrrole nitrogens is 1. The number of aromatic nitrogens is 3. The van der Waals surface area contributed by atoms with E-state index in [9.17, 15) is 22.4 Å². The number of sulfone groups is 1. The fourth-order valence-corrected chi connectivity index (χ4v) is 5.12. The van der Waals surface area contributed by atoms with E-state index in [0.717, 1.165) is 23.7 Å². The predicted molar refractivity (Wildman–Crippen MR) is 143 cm³/mol. The van der Waals surface area contributed by atoms with E-state index in [1.54, 1.807) is 41.7 Å². The Hall–Kier alpha value is -4.58. The Morgan fingerprint density at radius 2 is 1.82 bits per heavy atom. The summed E-state index contributed by atoms with van der Waals surface area (Å²) in [7, 11) is -3.35. The molecule has 39 heavy (non-hydrogen) atoms. The number of amides is 3. The van der Waals surface area contributed by atoms with Crippen molar-refractivity contribution in [3.63, 3.8) is 0 Å². The molecular formula is C27H25FN6O4S. The Morgan fingerprint density at radius 1 is 1.08 bits per heavy atom. The molecule has 5 rings (SSSR count). The van der Waals surface area contributed by atoms with Crippen molar-refractivity contribution in [1.82, 2.24) is 19.9 Å². The topological polar surface area (TPSA) is 137 Å². The standard InChI is InChI=1S/C27H25FN6O4S/c1-39(37,38)22-7-5-19(6-8-22)32-27(36)33-20-4-2-17-12-25(24-9-3-18(28)14-30-24)34(26(35)23(17)13-20)11-10-21-15-29-16-31-21/h2-9,13-16,25H,10-12H2,1H3,(H,29,31)(H2,32,33,36). The Morgan fingerprint density at radius 3 is 2.49 bits per heavy atom. The molecule has 3 heterocycles. The van der Waals surface area contributed by atoms with Gasteiger partial charge in [0.1, 0.15) is 5.82 Å². The lowest BCUT2D eigenvalue weighted by Crippen LogP contribution is -2.42. The van der Waals surface area contributed by atoms with Crippen molar-refractivity contribution in [2.75, 3.05) is 23.4 Å². The lowest BCUT2D eigenvalue weighted by Gasteiger charge is -2.36. The van der Waals surface area contributed by atoms with Gasteiger partial charge in [-0.1, -0.05) is 6.07 Å². The van der Waals surface area contributed by atoms with Crippen LogP contribution in [0.5, 0.6) is 0 Å². The number of urea groups is 1. The van der Waals surface area contributed by atoms with Crippen molar-refractivity contribution < 1.29 is 22.4 Å². The molecule has 200 valence electrons. The predicted octanol–water partition coefficient (Wildman–Crippen LogP) is 3.97. The maximum absolute atomic E-state index is 13.7. The minimum atomic E-state index is -3.35. The van der Waals surface area contributed by atoms with E-state index in [2.05, 4.69) is 25.6 Å². The van der Waals surface area contributed by atoms with Crippen LogP contribution in [0.1, 0.15) is 33.4 Å². The minimum Gasteiger partial charge on any atom is -0.351 e. The van der Waals surface area contributed by atoms with Gasteiger partial charge in [-0.15, -0.1) is 0 Å². The molecule has 0 radical (unpaired) electrons. The van der Waals surface area contributed by atoms with Crippen molar-refractivity contribution in [3.8, 4) is 0 Å². The average Bonchev–Trinajstić information content (AvgIpc) is 3.42. The molecular weight excluding hydrogens is 523 g/mol. The molecule has 2 aromatic heterocycles. The highest BCUT2D eigenvalue weighted by atomic mass is 32.2. The Kier molecular flexibility index (Phi) is 7.11. The monoisotopic (exact) mass is 548 g/mol. The highest BCUT2D eigenvalue weighted by Gasteiger charge is 2.34. The number of carbonyl (C=O) groups is 2. The maximum atomic E-state index is 13.7. The fraction of sp³-hybridized carbons (Fsp3) is 0.185. The van der Waals surface area contributed by atoms with Crippen LogP contribution in [0.25, 0.3) is 0 Å². The van der Waals surface area contributed by atoms with Crippen LogP contribution in [0.15, 0.2) is 78.2 Å². The summed E-state index contributed by atoms with van der Waals surface area (Å²) in [5.41, 5.74) is 3.45. The second-order valence-corrected chi connectivity index (χ2v) is 11.2. The minimum absolute atomic E-state index is 0.146. The third-order valence-electron chi connectivity index (χ3n) is 6.44. The summed E-state index contributed by atoms with van der Waals surface area (Å²) < 4.78 is 36.8. The molecule has 0 spiro atoms. The van der Waals surface area contributed by atoms with Gasteiger partial charge in [0.25, 0.3) is 5.91 Å². The largest absolute Gasteiger partial charge is 0.351 e. The summed E-state index contributed by atoms with van der Waals surface area (Å²) >= 11 is 0. The molecule has 1 aliphatic heterocycles. The third kappa shape index (κ3) is 5.96. The maximum Gasteiger partial charge on any atom is 0.323 e. The van der Waals surface area contributed by atoms with Gasteiger partial charge in [-0.05, 0) is 60.5 Å². The Balaban J connectivity index is 1.35. The average molecular weight is 549 g/mol. The Bertz CT molecular complexity index is 1610. The molecule has 0 fully saturated rings. The van der Waals surface area contributed by atoms with E-state index in [-0.39, 0.29) is 16.8 Å². The van der Waals surface area contributed by atoms with E-state index < -0.39 is 21.7 Å². The lowest BCUT2D eigenvalue weighted by molar-refractivity contribution is 0.0645. The number of pyridine rings is 1. The Labute approximate surface area is 224 Å². The number of anilines is 2. The molecule has 0 saturated heterocycles. The number of hydrogen-bond acceptors (Lipinski definition) is 6. The summed E-state index contributed by atoms with van der Waals surface area (Å²) in [6.07, 6.45) is 6.57. The molecule has 0 saturated carbocycles. The molecule has 1 unspecified atom stereocenters. The van der Waals surface area contributed by atoms with Crippen LogP contribution >= 0.6 is 0 Å². The van der Waals surface area contributed by atoms with E-state index in [4.69, 9.17) is 0 Å². The molecule has 1 aliphatic rings. The molecule has 2 aromatic carbocycles. The first-order chi connectivity index (χ1) is 18.7. The van der Waals surface area contributed by atoms with Gasteiger partial charge in [0.15, 0.2) is 9.84 Å². The number of benzene rings is 2. The first-order valence-corrected chi connectivity index (χ1v) is 14.0. The number of nitrogens with zero attached hydrogens (tertiary/aromatic N) is 3. The highest BCUT2D eigenvalue weighted by molar-refractivity contribution is 7.90. The van der Waals surface area contributed by atoms with Crippen LogP contribution in [0.2, 0.25) is 0 Å². The zero-order valence-corrected chi connectivity index (χ0v) is 21.7. The summed E-state index contributed by atoms with van der Waals surface area (Å²) in [6, 6.07) is 12.9. The van der Waals surface area contributed by atoms with E-state index in [1.807, 2.05) is 0 Å². The van der Waals surface area contributed by atoms with Crippen molar-refractivity contribution in [2.24, 2.45) is 0 Å². The molecule has 12 heteroatoms. The van der Waals surface area contributed by atoms with Crippen LogP contribution in [0, 0.1) is 5.82 Å². The summed E-state index contributed by atoms with van der Waals surface area (Å²) in [6.45, 7) is 0.370. The summed E-state index contributed by atoms with van der Waals surface area (Å²) in [4.78, 5) is 39.5. The van der Waals surface area contributed by atoms with Crippen LogP contribution < -0.4 is 10.6 Å². The number of nitrogens with one attached hydrogen (secondary N) is 3. The number of aromatic amines is 1.